The molecular formula is C12H26N2. The molecule has 84 valence electrons. The highest BCUT2D eigenvalue weighted by Crippen LogP contribution is 2.24. The van der Waals surface area contributed by atoms with Gasteiger partial charge in [0, 0.05) is 12.1 Å². The number of nitrogens with zero attached hydrogens (tertiary/aromatic N) is 1. The lowest BCUT2D eigenvalue weighted by Gasteiger charge is -2.32. The minimum Gasteiger partial charge on any atom is -0.315 e. The fraction of sp³-hybridized carbons (Fsp3) is 1.00. The van der Waals surface area contributed by atoms with E-state index in [2.05, 4.69) is 31.1 Å². The summed E-state index contributed by atoms with van der Waals surface area (Å²) in [5.74, 6) is 0. The molecule has 2 heteroatoms. The first-order chi connectivity index (χ1) is 6.83. The van der Waals surface area contributed by atoms with Crippen LogP contribution in [0.5, 0.6) is 0 Å². The SMILES string of the molecule is CCCN(CCC)C1CCCC1NC. The summed E-state index contributed by atoms with van der Waals surface area (Å²) in [5.41, 5.74) is 0. The first kappa shape index (κ1) is 12.0. The van der Waals surface area contributed by atoms with Crippen LogP contribution < -0.4 is 5.32 Å². The molecule has 0 radical (unpaired) electrons. The predicted molar refractivity (Wildman–Crippen MR) is 62.6 cm³/mol. The van der Waals surface area contributed by atoms with Crippen LogP contribution in [-0.2, 0) is 0 Å². The fourth-order valence-corrected chi connectivity index (χ4v) is 2.73. The summed E-state index contributed by atoms with van der Waals surface area (Å²) in [6, 6.07) is 1.55. The Hall–Kier alpha value is -0.0800. The van der Waals surface area contributed by atoms with Crippen molar-refractivity contribution in [3.8, 4) is 0 Å². The third-order valence-corrected chi connectivity index (χ3v) is 3.34. The monoisotopic (exact) mass is 198 g/mol. The molecule has 0 spiro atoms. The summed E-state index contributed by atoms with van der Waals surface area (Å²) >= 11 is 0. The molecule has 1 saturated carbocycles. The number of hydrogen-bond acceptors (Lipinski definition) is 2. The van der Waals surface area contributed by atoms with Crippen molar-refractivity contribution in [3.63, 3.8) is 0 Å². The Morgan fingerprint density at radius 3 is 2.29 bits per heavy atom. The number of nitrogens with one attached hydrogen (secondary N) is 1. The molecule has 2 nitrogen and oxygen atoms in total. The Morgan fingerprint density at radius 1 is 1.14 bits per heavy atom. The predicted octanol–water partition coefficient (Wildman–Crippen LogP) is 2.25. The minimum atomic E-state index is 0.744. The second-order valence-corrected chi connectivity index (χ2v) is 4.43. The van der Waals surface area contributed by atoms with Crippen LogP contribution in [-0.4, -0.2) is 37.1 Å². The second kappa shape index (κ2) is 6.41. The van der Waals surface area contributed by atoms with E-state index in [-0.39, 0.29) is 0 Å². The van der Waals surface area contributed by atoms with Gasteiger partial charge in [0.25, 0.3) is 0 Å². The Morgan fingerprint density at radius 2 is 1.79 bits per heavy atom. The van der Waals surface area contributed by atoms with Gasteiger partial charge in [0.05, 0.1) is 0 Å². The summed E-state index contributed by atoms with van der Waals surface area (Å²) in [6.45, 7) is 7.12. The lowest BCUT2D eigenvalue weighted by Crippen LogP contribution is -2.46. The highest BCUT2D eigenvalue weighted by Gasteiger charge is 2.29. The standard InChI is InChI=1S/C12H26N2/c1-4-9-14(10-5-2)12-8-6-7-11(12)13-3/h11-13H,4-10H2,1-3H3. The number of likely N-dealkylation sites (N-methyl/N-ethyl adjacent to an activating group) is 1. The first-order valence-electron chi connectivity index (χ1n) is 6.24. The fourth-order valence-electron chi connectivity index (χ4n) is 2.73. The maximum absolute atomic E-state index is 3.47. The maximum Gasteiger partial charge on any atom is 0.0249 e. The van der Waals surface area contributed by atoms with Crippen molar-refractivity contribution < 1.29 is 0 Å². The van der Waals surface area contributed by atoms with Crippen molar-refractivity contribution in [2.75, 3.05) is 20.1 Å². The lowest BCUT2D eigenvalue weighted by molar-refractivity contribution is 0.175. The van der Waals surface area contributed by atoms with Gasteiger partial charge in [-0.05, 0) is 45.8 Å². The van der Waals surface area contributed by atoms with Crippen molar-refractivity contribution in [1.29, 1.82) is 0 Å². The van der Waals surface area contributed by atoms with E-state index in [9.17, 15) is 0 Å². The smallest absolute Gasteiger partial charge is 0.0249 e. The average Bonchev–Trinajstić information content (AvgIpc) is 2.65. The van der Waals surface area contributed by atoms with E-state index < -0.39 is 0 Å². The Bertz CT molecular complexity index is 141. The molecule has 0 saturated heterocycles. The van der Waals surface area contributed by atoms with Crippen LogP contribution in [0.3, 0.4) is 0 Å². The molecular weight excluding hydrogens is 172 g/mol. The normalized spacial score (nSPS) is 27.4. The number of hydrogen-bond donors (Lipinski definition) is 1. The molecule has 1 aliphatic carbocycles. The van der Waals surface area contributed by atoms with Gasteiger partial charge in [-0.2, -0.15) is 0 Å². The van der Waals surface area contributed by atoms with Crippen LogP contribution in [0.2, 0.25) is 0 Å². The minimum absolute atomic E-state index is 0.744. The van der Waals surface area contributed by atoms with E-state index in [0.717, 1.165) is 12.1 Å². The molecule has 0 heterocycles. The van der Waals surface area contributed by atoms with Gasteiger partial charge in [-0.15, -0.1) is 0 Å². The van der Waals surface area contributed by atoms with Crippen LogP contribution in [0, 0.1) is 0 Å². The third kappa shape index (κ3) is 2.96. The molecule has 1 fully saturated rings. The molecule has 2 atom stereocenters. The van der Waals surface area contributed by atoms with Crippen molar-refractivity contribution in [1.82, 2.24) is 10.2 Å². The molecule has 0 aromatic carbocycles. The van der Waals surface area contributed by atoms with E-state index in [1.54, 1.807) is 0 Å². The highest BCUT2D eigenvalue weighted by atomic mass is 15.2. The van der Waals surface area contributed by atoms with E-state index >= 15 is 0 Å². The number of rotatable bonds is 6. The summed E-state index contributed by atoms with van der Waals surface area (Å²) in [5, 5.41) is 3.47. The molecule has 14 heavy (non-hydrogen) atoms. The van der Waals surface area contributed by atoms with Gasteiger partial charge in [-0.25, -0.2) is 0 Å². The van der Waals surface area contributed by atoms with Crippen LogP contribution in [0.25, 0.3) is 0 Å². The van der Waals surface area contributed by atoms with E-state index in [0.29, 0.717) is 0 Å². The van der Waals surface area contributed by atoms with E-state index in [1.807, 2.05) is 0 Å². The van der Waals surface area contributed by atoms with Gasteiger partial charge in [0.15, 0.2) is 0 Å². The second-order valence-electron chi connectivity index (χ2n) is 4.43. The Kier molecular flexibility index (Phi) is 5.49. The van der Waals surface area contributed by atoms with Crippen LogP contribution in [0.4, 0.5) is 0 Å². The van der Waals surface area contributed by atoms with Crippen LogP contribution in [0.15, 0.2) is 0 Å². The van der Waals surface area contributed by atoms with Gasteiger partial charge in [-0.3, -0.25) is 4.90 Å². The Balaban J connectivity index is 2.47. The zero-order valence-electron chi connectivity index (χ0n) is 10.1. The molecule has 0 aliphatic heterocycles. The van der Waals surface area contributed by atoms with Crippen molar-refractivity contribution >= 4 is 0 Å². The zero-order valence-corrected chi connectivity index (χ0v) is 10.1. The summed E-state index contributed by atoms with van der Waals surface area (Å²) in [6.07, 6.45) is 6.73. The van der Waals surface area contributed by atoms with Gasteiger partial charge < -0.3 is 5.32 Å². The van der Waals surface area contributed by atoms with Gasteiger partial charge in [0.1, 0.15) is 0 Å². The van der Waals surface area contributed by atoms with Gasteiger partial charge in [-0.1, -0.05) is 20.3 Å². The van der Waals surface area contributed by atoms with Crippen molar-refractivity contribution in [2.24, 2.45) is 0 Å². The van der Waals surface area contributed by atoms with E-state index in [4.69, 9.17) is 0 Å². The first-order valence-corrected chi connectivity index (χ1v) is 6.24. The van der Waals surface area contributed by atoms with Gasteiger partial charge in [0.2, 0.25) is 0 Å². The Labute approximate surface area is 89.1 Å². The summed E-state index contributed by atoms with van der Waals surface area (Å²) in [7, 11) is 2.11. The molecule has 2 unspecified atom stereocenters. The van der Waals surface area contributed by atoms with E-state index in [1.165, 1.54) is 45.2 Å². The molecule has 0 bridgehead atoms. The zero-order chi connectivity index (χ0) is 10.4. The average molecular weight is 198 g/mol. The topological polar surface area (TPSA) is 15.3 Å². The largest absolute Gasteiger partial charge is 0.315 e. The summed E-state index contributed by atoms with van der Waals surface area (Å²) in [4.78, 5) is 2.69. The maximum atomic E-state index is 3.47. The molecule has 0 aromatic rings. The van der Waals surface area contributed by atoms with Crippen molar-refractivity contribution in [2.45, 2.75) is 58.0 Å². The van der Waals surface area contributed by atoms with Crippen LogP contribution in [0.1, 0.15) is 46.0 Å². The third-order valence-electron chi connectivity index (χ3n) is 3.34. The molecule has 1 N–H and O–H groups in total. The lowest BCUT2D eigenvalue weighted by atomic mass is 10.1. The molecule has 0 amide bonds. The van der Waals surface area contributed by atoms with Crippen LogP contribution >= 0.6 is 0 Å². The quantitative estimate of drug-likeness (QED) is 0.704. The van der Waals surface area contributed by atoms with Crippen molar-refractivity contribution in [3.05, 3.63) is 0 Å². The summed E-state index contributed by atoms with van der Waals surface area (Å²) < 4.78 is 0. The molecule has 0 aromatic heterocycles. The molecule has 1 aliphatic rings. The van der Waals surface area contributed by atoms with Gasteiger partial charge >= 0.3 is 0 Å². The molecule has 1 rings (SSSR count). The highest BCUT2D eigenvalue weighted by molar-refractivity contribution is 4.89.